The van der Waals surface area contributed by atoms with Gasteiger partial charge in [0.05, 0.1) is 6.54 Å². The molecule has 0 radical (unpaired) electrons. The lowest BCUT2D eigenvalue weighted by atomic mass is 9.90. The smallest absolute Gasteiger partial charge is 0.240 e. The fourth-order valence-electron chi connectivity index (χ4n) is 2.46. The molecule has 5 nitrogen and oxygen atoms in total. The quantitative estimate of drug-likeness (QED) is 0.857. The third kappa shape index (κ3) is 3.04. The Balaban J connectivity index is 1.86. The first kappa shape index (κ1) is 12.5. The van der Waals surface area contributed by atoms with Crippen LogP contribution in [0.3, 0.4) is 0 Å². The van der Waals surface area contributed by atoms with Crippen molar-refractivity contribution in [3.05, 3.63) is 11.7 Å². The molecule has 0 amide bonds. The van der Waals surface area contributed by atoms with Gasteiger partial charge in [-0.15, -0.1) is 0 Å². The van der Waals surface area contributed by atoms with Crippen LogP contribution in [-0.4, -0.2) is 40.7 Å². The average molecular weight is 238 g/mol. The largest absolute Gasteiger partial charge is 0.338 e. The van der Waals surface area contributed by atoms with Crippen LogP contribution in [0.1, 0.15) is 32.0 Å². The van der Waals surface area contributed by atoms with Gasteiger partial charge in [0.2, 0.25) is 5.89 Å². The van der Waals surface area contributed by atoms with E-state index >= 15 is 0 Å². The van der Waals surface area contributed by atoms with Crippen LogP contribution in [-0.2, 0) is 6.54 Å². The van der Waals surface area contributed by atoms with E-state index in [1.165, 1.54) is 6.42 Å². The highest BCUT2D eigenvalue weighted by Crippen LogP contribution is 2.20. The minimum Gasteiger partial charge on any atom is -0.338 e. The Bertz CT molecular complexity index is 365. The van der Waals surface area contributed by atoms with Gasteiger partial charge in [0.25, 0.3) is 0 Å². The second-order valence-electron chi connectivity index (χ2n) is 5.22. The highest BCUT2D eigenvalue weighted by Gasteiger charge is 2.28. The van der Waals surface area contributed by atoms with E-state index in [-0.39, 0.29) is 0 Å². The first-order chi connectivity index (χ1) is 8.06. The summed E-state index contributed by atoms with van der Waals surface area (Å²) in [4.78, 5) is 6.62. The van der Waals surface area contributed by atoms with Crippen LogP contribution in [0.4, 0.5) is 0 Å². The maximum Gasteiger partial charge on any atom is 0.240 e. The summed E-state index contributed by atoms with van der Waals surface area (Å²) in [5.74, 6) is 2.04. The predicted molar refractivity (Wildman–Crippen MR) is 65.5 cm³/mol. The molecule has 1 aromatic rings. The Morgan fingerprint density at radius 1 is 1.47 bits per heavy atom. The van der Waals surface area contributed by atoms with E-state index in [1.54, 1.807) is 0 Å². The van der Waals surface area contributed by atoms with Crippen molar-refractivity contribution in [3.63, 3.8) is 0 Å². The molecule has 3 atom stereocenters. The van der Waals surface area contributed by atoms with Gasteiger partial charge >= 0.3 is 0 Å². The number of nitrogens with one attached hydrogen (secondary N) is 1. The predicted octanol–water partition coefficient (Wildman–Crippen LogP) is 1.20. The maximum atomic E-state index is 5.10. The molecule has 0 aliphatic carbocycles. The van der Waals surface area contributed by atoms with Gasteiger partial charge in [-0.05, 0) is 33.2 Å². The van der Waals surface area contributed by atoms with E-state index in [0.717, 1.165) is 6.54 Å². The molecular formula is C12H22N4O. The van der Waals surface area contributed by atoms with Crippen molar-refractivity contribution in [1.29, 1.82) is 0 Å². The van der Waals surface area contributed by atoms with Crippen molar-refractivity contribution in [2.45, 2.75) is 45.8 Å². The van der Waals surface area contributed by atoms with Crippen LogP contribution >= 0.6 is 0 Å². The van der Waals surface area contributed by atoms with Crippen LogP contribution in [0.15, 0.2) is 4.52 Å². The zero-order valence-electron chi connectivity index (χ0n) is 11.1. The lowest BCUT2D eigenvalue weighted by Gasteiger charge is -2.39. The summed E-state index contributed by atoms with van der Waals surface area (Å²) < 4.78 is 5.10. The number of hydrogen-bond acceptors (Lipinski definition) is 5. The SMILES string of the molecule is Cc1noc(CNC2CC(C)N(C)CC2C)n1. The van der Waals surface area contributed by atoms with Crippen LogP contribution in [0, 0.1) is 12.8 Å². The van der Waals surface area contributed by atoms with Crippen molar-refractivity contribution in [2.75, 3.05) is 13.6 Å². The molecule has 1 aliphatic rings. The van der Waals surface area contributed by atoms with Gasteiger partial charge in [0.1, 0.15) is 0 Å². The molecule has 1 aromatic heterocycles. The van der Waals surface area contributed by atoms with E-state index in [4.69, 9.17) is 4.52 Å². The Hall–Kier alpha value is -0.940. The molecule has 1 fully saturated rings. The number of aromatic nitrogens is 2. The molecule has 96 valence electrons. The van der Waals surface area contributed by atoms with Gasteiger partial charge in [0, 0.05) is 18.6 Å². The van der Waals surface area contributed by atoms with Crippen molar-refractivity contribution in [1.82, 2.24) is 20.4 Å². The normalized spacial score (nSPS) is 30.7. The van der Waals surface area contributed by atoms with Crippen LogP contribution in [0.25, 0.3) is 0 Å². The molecule has 5 heteroatoms. The molecule has 0 saturated carbocycles. The van der Waals surface area contributed by atoms with Crippen molar-refractivity contribution in [2.24, 2.45) is 5.92 Å². The molecule has 0 aromatic carbocycles. The van der Waals surface area contributed by atoms with Crippen LogP contribution < -0.4 is 5.32 Å². The van der Waals surface area contributed by atoms with Crippen LogP contribution in [0.2, 0.25) is 0 Å². The summed E-state index contributed by atoms with van der Waals surface area (Å²) in [6.07, 6.45) is 1.17. The summed E-state index contributed by atoms with van der Waals surface area (Å²) >= 11 is 0. The Labute approximate surface area is 103 Å². The number of hydrogen-bond donors (Lipinski definition) is 1. The van der Waals surface area contributed by atoms with Crippen molar-refractivity contribution >= 4 is 0 Å². The first-order valence-electron chi connectivity index (χ1n) is 6.29. The van der Waals surface area contributed by atoms with Gasteiger partial charge in [-0.25, -0.2) is 0 Å². The third-order valence-electron chi connectivity index (χ3n) is 3.70. The number of likely N-dealkylation sites (tertiary alicyclic amines) is 1. The maximum absolute atomic E-state index is 5.10. The van der Waals surface area contributed by atoms with Gasteiger partial charge < -0.3 is 14.7 Å². The minimum absolute atomic E-state index is 0.536. The molecular weight excluding hydrogens is 216 g/mol. The van der Waals surface area contributed by atoms with Gasteiger partial charge in [0.15, 0.2) is 5.82 Å². The topological polar surface area (TPSA) is 54.2 Å². The zero-order chi connectivity index (χ0) is 12.4. The van der Waals surface area contributed by atoms with Crippen molar-refractivity contribution in [3.8, 4) is 0 Å². The Morgan fingerprint density at radius 2 is 2.24 bits per heavy atom. The minimum atomic E-state index is 0.536. The summed E-state index contributed by atoms with van der Waals surface area (Å²) in [6.45, 7) is 8.22. The lowest BCUT2D eigenvalue weighted by Crippen LogP contribution is -2.50. The highest BCUT2D eigenvalue weighted by atomic mass is 16.5. The highest BCUT2D eigenvalue weighted by molar-refractivity contribution is 4.88. The molecule has 3 unspecified atom stereocenters. The summed E-state index contributed by atoms with van der Waals surface area (Å²) in [6, 6.07) is 1.17. The van der Waals surface area contributed by atoms with Crippen molar-refractivity contribution < 1.29 is 4.52 Å². The number of piperidine rings is 1. The summed E-state index contributed by atoms with van der Waals surface area (Å²) in [5.41, 5.74) is 0. The Kier molecular flexibility index (Phi) is 3.79. The van der Waals surface area contributed by atoms with E-state index in [0.29, 0.717) is 36.3 Å². The molecule has 0 bridgehead atoms. The molecule has 2 rings (SSSR count). The van der Waals surface area contributed by atoms with E-state index in [1.807, 2.05) is 6.92 Å². The fourth-order valence-corrected chi connectivity index (χ4v) is 2.46. The monoisotopic (exact) mass is 238 g/mol. The fraction of sp³-hybridized carbons (Fsp3) is 0.833. The standard InChI is InChI=1S/C12H22N4O/c1-8-7-16(4)9(2)5-11(8)13-6-12-14-10(3)15-17-12/h8-9,11,13H,5-7H2,1-4H3. The molecule has 1 aliphatic heterocycles. The average Bonchev–Trinajstić information content (AvgIpc) is 2.68. The molecule has 0 spiro atoms. The summed E-state index contributed by atoms with van der Waals surface area (Å²) in [7, 11) is 2.19. The zero-order valence-corrected chi connectivity index (χ0v) is 11.1. The van der Waals surface area contributed by atoms with Gasteiger partial charge in [-0.1, -0.05) is 12.1 Å². The third-order valence-corrected chi connectivity index (χ3v) is 3.70. The van der Waals surface area contributed by atoms with E-state index < -0.39 is 0 Å². The number of rotatable bonds is 3. The molecule has 1 N–H and O–H groups in total. The number of aryl methyl sites for hydroxylation is 1. The Morgan fingerprint density at radius 3 is 2.88 bits per heavy atom. The summed E-state index contributed by atoms with van der Waals surface area (Å²) in [5, 5.41) is 7.32. The lowest BCUT2D eigenvalue weighted by molar-refractivity contribution is 0.119. The second kappa shape index (κ2) is 5.14. The van der Waals surface area contributed by atoms with Gasteiger partial charge in [-0.3, -0.25) is 0 Å². The van der Waals surface area contributed by atoms with E-state index in [2.05, 4.69) is 41.3 Å². The molecule has 1 saturated heterocycles. The molecule has 2 heterocycles. The first-order valence-corrected chi connectivity index (χ1v) is 6.29. The second-order valence-corrected chi connectivity index (χ2v) is 5.22. The van der Waals surface area contributed by atoms with Gasteiger partial charge in [-0.2, -0.15) is 4.98 Å². The molecule has 17 heavy (non-hydrogen) atoms. The number of nitrogens with zero attached hydrogens (tertiary/aromatic N) is 3. The van der Waals surface area contributed by atoms with E-state index in [9.17, 15) is 0 Å². The van der Waals surface area contributed by atoms with Crippen LogP contribution in [0.5, 0.6) is 0 Å².